The van der Waals surface area contributed by atoms with Crippen LogP contribution in [0, 0.1) is 0 Å². The lowest BCUT2D eigenvalue weighted by Crippen LogP contribution is -2.02. The third-order valence-corrected chi connectivity index (χ3v) is 2.42. The smallest absolute Gasteiger partial charge is 0.182 e. The molecule has 0 aliphatic rings. The lowest BCUT2D eigenvalue weighted by atomic mass is 10.1. The Hall–Kier alpha value is -1.54. The number of alkyl halides is 1. The molecule has 0 radical (unpaired) electrons. The Morgan fingerprint density at radius 1 is 1.13 bits per heavy atom. The van der Waals surface area contributed by atoms with Crippen LogP contribution in [0.15, 0.2) is 47.3 Å². The minimum atomic E-state index is -0.0248. The number of halogens is 1. The molecule has 0 aliphatic heterocycles. The van der Waals surface area contributed by atoms with Crippen molar-refractivity contribution in [2.75, 3.05) is 0 Å². The summed E-state index contributed by atoms with van der Waals surface area (Å²) in [7, 11) is 0. The Kier molecular flexibility index (Phi) is 2.88. The van der Waals surface area contributed by atoms with Gasteiger partial charge in [-0.25, -0.2) is 0 Å². The number of nitrogens with one attached hydrogen (secondary N) is 1. The molecule has 1 N–H and O–H groups in total. The molecular formula is C12H10ClNO. The number of rotatable bonds is 2. The molecule has 2 nitrogen and oxygen atoms in total. The van der Waals surface area contributed by atoms with Crippen LogP contribution in [0.3, 0.4) is 0 Å². The molecule has 0 amide bonds. The van der Waals surface area contributed by atoms with Gasteiger partial charge in [-0.2, -0.15) is 0 Å². The normalized spacial score (nSPS) is 10.2. The van der Waals surface area contributed by atoms with Gasteiger partial charge in [-0.1, -0.05) is 30.3 Å². The molecule has 15 heavy (non-hydrogen) atoms. The van der Waals surface area contributed by atoms with Crippen molar-refractivity contribution in [3.63, 3.8) is 0 Å². The second kappa shape index (κ2) is 4.32. The SMILES string of the molecule is O=c1cc(CCl)[nH]c(-c2ccccc2)c1. The summed E-state index contributed by atoms with van der Waals surface area (Å²) in [5.41, 5.74) is 2.51. The third-order valence-electron chi connectivity index (χ3n) is 2.13. The van der Waals surface area contributed by atoms with Gasteiger partial charge in [-0.3, -0.25) is 4.79 Å². The Balaban J connectivity index is 2.54. The van der Waals surface area contributed by atoms with E-state index in [-0.39, 0.29) is 5.43 Å². The predicted molar refractivity (Wildman–Crippen MR) is 62.1 cm³/mol. The van der Waals surface area contributed by atoms with Gasteiger partial charge in [-0.15, -0.1) is 11.6 Å². The van der Waals surface area contributed by atoms with Gasteiger partial charge in [0.2, 0.25) is 0 Å². The number of H-pyrrole nitrogens is 1. The van der Waals surface area contributed by atoms with Crippen molar-refractivity contribution in [1.29, 1.82) is 0 Å². The van der Waals surface area contributed by atoms with Crippen molar-refractivity contribution in [2.24, 2.45) is 0 Å². The molecule has 0 bridgehead atoms. The zero-order chi connectivity index (χ0) is 10.7. The Labute approximate surface area is 92.5 Å². The zero-order valence-electron chi connectivity index (χ0n) is 8.03. The largest absolute Gasteiger partial charge is 0.357 e. The van der Waals surface area contributed by atoms with E-state index >= 15 is 0 Å². The van der Waals surface area contributed by atoms with Gasteiger partial charge in [0.15, 0.2) is 5.43 Å². The summed E-state index contributed by atoms with van der Waals surface area (Å²) in [6.07, 6.45) is 0. The Morgan fingerprint density at radius 2 is 1.87 bits per heavy atom. The van der Waals surface area contributed by atoms with E-state index in [2.05, 4.69) is 4.98 Å². The van der Waals surface area contributed by atoms with Gasteiger partial charge in [0, 0.05) is 23.5 Å². The maximum Gasteiger partial charge on any atom is 0.182 e. The molecule has 2 aromatic rings. The van der Waals surface area contributed by atoms with Crippen molar-refractivity contribution >= 4 is 11.6 Å². The maximum atomic E-state index is 11.4. The van der Waals surface area contributed by atoms with Crippen LogP contribution in [0.5, 0.6) is 0 Å². The highest BCUT2D eigenvalue weighted by atomic mass is 35.5. The fourth-order valence-electron chi connectivity index (χ4n) is 1.45. The summed E-state index contributed by atoms with van der Waals surface area (Å²) in [6, 6.07) is 12.8. The van der Waals surface area contributed by atoms with Crippen LogP contribution in [0.2, 0.25) is 0 Å². The highest BCUT2D eigenvalue weighted by Gasteiger charge is 2.00. The standard InChI is InChI=1S/C12H10ClNO/c13-8-10-6-11(15)7-12(14-10)9-4-2-1-3-5-9/h1-7H,8H2,(H,14,15). The van der Waals surface area contributed by atoms with Crippen LogP contribution in [0.25, 0.3) is 11.3 Å². The molecule has 3 heteroatoms. The van der Waals surface area contributed by atoms with E-state index in [9.17, 15) is 4.79 Å². The molecule has 0 saturated heterocycles. The molecule has 0 fully saturated rings. The number of aromatic nitrogens is 1. The number of hydrogen-bond acceptors (Lipinski definition) is 1. The van der Waals surface area contributed by atoms with E-state index in [4.69, 9.17) is 11.6 Å². The zero-order valence-corrected chi connectivity index (χ0v) is 8.79. The third kappa shape index (κ3) is 2.28. The molecule has 1 heterocycles. The van der Waals surface area contributed by atoms with Gasteiger partial charge in [0.05, 0.1) is 5.88 Å². The second-order valence-corrected chi connectivity index (χ2v) is 3.52. The minimum Gasteiger partial charge on any atom is -0.357 e. The van der Waals surface area contributed by atoms with Crippen molar-refractivity contribution in [2.45, 2.75) is 5.88 Å². The Morgan fingerprint density at radius 3 is 2.53 bits per heavy atom. The molecule has 1 aromatic carbocycles. The summed E-state index contributed by atoms with van der Waals surface area (Å²) < 4.78 is 0. The summed E-state index contributed by atoms with van der Waals surface area (Å²) in [5, 5.41) is 0. The van der Waals surface area contributed by atoms with Crippen molar-refractivity contribution in [3.05, 3.63) is 58.4 Å². The van der Waals surface area contributed by atoms with Crippen LogP contribution in [0.4, 0.5) is 0 Å². The highest BCUT2D eigenvalue weighted by Crippen LogP contribution is 2.15. The van der Waals surface area contributed by atoms with Crippen molar-refractivity contribution in [3.8, 4) is 11.3 Å². The molecular weight excluding hydrogens is 210 g/mol. The first-order chi connectivity index (χ1) is 7.29. The van der Waals surface area contributed by atoms with Crippen LogP contribution in [-0.4, -0.2) is 4.98 Å². The van der Waals surface area contributed by atoms with E-state index in [1.54, 1.807) is 6.07 Å². The van der Waals surface area contributed by atoms with Gasteiger partial charge in [0.25, 0.3) is 0 Å². The van der Waals surface area contributed by atoms with E-state index in [1.807, 2.05) is 30.3 Å². The first-order valence-electron chi connectivity index (χ1n) is 4.64. The van der Waals surface area contributed by atoms with Gasteiger partial charge in [-0.05, 0) is 5.56 Å². The summed E-state index contributed by atoms with van der Waals surface area (Å²) >= 11 is 5.69. The average molecular weight is 220 g/mol. The molecule has 0 aliphatic carbocycles. The van der Waals surface area contributed by atoms with E-state index in [0.29, 0.717) is 5.88 Å². The molecule has 1 aromatic heterocycles. The van der Waals surface area contributed by atoms with Crippen LogP contribution in [0.1, 0.15) is 5.69 Å². The first-order valence-corrected chi connectivity index (χ1v) is 5.17. The van der Waals surface area contributed by atoms with Crippen molar-refractivity contribution in [1.82, 2.24) is 4.98 Å². The van der Waals surface area contributed by atoms with E-state index in [0.717, 1.165) is 17.0 Å². The van der Waals surface area contributed by atoms with Crippen molar-refractivity contribution < 1.29 is 0 Å². The fraction of sp³-hybridized carbons (Fsp3) is 0.0833. The highest BCUT2D eigenvalue weighted by molar-refractivity contribution is 6.16. The predicted octanol–water partition coefficient (Wildman–Crippen LogP) is 2.78. The van der Waals surface area contributed by atoms with Gasteiger partial charge < -0.3 is 4.98 Å². The number of aromatic amines is 1. The summed E-state index contributed by atoms with van der Waals surface area (Å²) in [6.45, 7) is 0. The van der Waals surface area contributed by atoms with E-state index < -0.39 is 0 Å². The van der Waals surface area contributed by atoms with Gasteiger partial charge >= 0.3 is 0 Å². The summed E-state index contributed by atoms with van der Waals surface area (Å²) in [4.78, 5) is 14.5. The average Bonchev–Trinajstić information content (AvgIpc) is 2.29. The fourth-order valence-corrected chi connectivity index (χ4v) is 1.59. The summed E-state index contributed by atoms with van der Waals surface area (Å²) in [5.74, 6) is 0.315. The van der Waals surface area contributed by atoms with Crippen LogP contribution < -0.4 is 5.43 Å². The van der Waals surface area contributed by atoms with Crippen LogP contribution >= 0.6 is 11.6 Å². The Bertz CT molecular complexity index is 505. The maximum absolute atomic E-state index is 11.4. The second-order valence-electron chi connectivity index (χ2n) is 3.25. The molecule has 2 rings (SSSR count). The number of hydrogen-bond donors (Lipinski definition) is 1. The topological polar surface area (TPSA) is 32.9 Å². The first kappa shape index (κ1) is 9.99. The molecule has 0 spiro atoms. The lowest BCUT2D eigenvalue weighted by molar-refractivity contribution is 1.16. The molecule has 0 atom stereocenters. The van der Waals surface area contributed by atoms with Crippen LogP contribution in [-0.2, 0) is 5.88 Å². The van der Waals surface area contributed by atoms with E-state index in [1.165, 1.54) is 6.07 Å². The number of benzene rings is 1. The molecule has 0 saturated carbocycles. The molecule has 76 valence electrons. The minimum absolute atomic E-state index is 0.0248. The molecule has 0 unspecified atom stereocenters. The monoisotopic (exact) mass is 219 g/mol. The number of pyridine rings is 1. The van der Waals surface area contributed by atoms with Gasteiger partial charge in [0.1, 0.15) is 0 Å². The quantitative estimate of drug-likeness (QED) is 0.775. The lowest BCUT2D eigenvalue weighted by Gasteiger charge is -2.03.